The molecule has 0 bridgehead atoms. The molecule has 0 amide bonds. The zero-order chi connectivity index (χ0) is 13.3. The topological polar surface area (TPSA) is 48.1 Å². The zero-order valence-electron chi connectivity index (χ0n) is 10.00. The highest BCUT2D eigenvalue weighted by atomic mass is 35.5. The number of hydrogen-bond acceptors (Lipinski definition) is 3. The van der Waals surface area contributed by atoms with Gasteiger partial charge in [-0.3, -0.25) is 0 Å². The molecule has 0 saturated carbocycles. The van der Waals surface area contributed by atoms with Crippen molar-refractivity contribution in [2.24, 2.45) is 0 Å². The number of nitrogens with zero attached hydrogens (tertiary/aromatic N) is 1. The second-order valence-electron chi connectivity index (χ2n) is 4.02. The predicted octanol–water partition coefficient (Wildman–Crippen LogP) is 4.38. The molecule has 2 aromatic rings. The molecule has 0 aliphatic carbocycles. The Kier molecular flexibility index (Phi) is 3.64. The summed E-state index contributed by atoms with van der Waals surface area (Å²) in [4.78, 5) is 4.04. The molecule has 3 nitrogen and oxygen atoms in total. The molecule has 1 aromatic carbocycles. The number of ether oxygens (including phenoxy) is 1. The first-order valence-corrected chi connectivity index (χ1v) is 6.08. The fourth-order valence-electron chi connectivity index (χ4n) is 1.60. The molecule has 0 spiro atoms. The lowest BCUT2D eigenvalue weighted by molar-refractivity contribution is 0.465. The first kappa shape index (κ1) is 13.0. The van der Waals surface area contributed by atoms with E-state index in [1.54, 1.807) is 6.07 Å². The Morgan fingerprint density at radius 2 is 1.72 bits per heavy atom. The van der Waals surface area contributed by atoms with Crippen LogP contribution < -0.4 is 10.5 Å². The van der Waals surface area contributed by atoms with Crippen LogP contribution in [0.1, 0.15) is 11.1 Å². The summed E-state index contributed by atoms with van der Waals surface area (Å²) >= 11 is 11.9. The minimum atomic E-state index is 0.334. The molecule has 0 unspecified atom stereocenters. The molecule has 1 heterocycles. The van der Waals surface area contributed by atoms with E-state index in [-0.39, 0.29) is 0 Å². The zero-order valence-corrected chi connectivity index (χ0v) is 11.5. The van der Waals surface area contributed by atoms with Crippen LogP contribution in [0, 0.1) is 13.8 Å². The largest absolute Gasteiger partial charge is 0.437 e. The van der Waals surface area contributed by atoms with Gasteiger partial charge in [-0.25, -0.2) is 4.98 Å². The van der Waals surface area contributed by atoms with Crippen molar-refractivity contribution in [1.29, 1.82) is 0 Å². The number of hydrogen-bond donors (Lipinski definition) is 1. The van der Waals surface area contributed by atoms with Crippen LogP contribution in [-0.2, 0) is 0 Å². The van der Waals surface area contributed by atoms with Crippen molar-refractivity contribution in [2.75, 3.05) is 5.73 Å². The molecule has 2 N–H and O–H groups in total. The van der Waals surface area contributed by atoms with Crippen LogP contribution in [0.25, 0.3) is 0 Å². The fourth-order valence-corrected chi connectivity index (χ4v) is 1.88. The van der Waals surface area contributed by atoms with Crippen molar-refractivity contribution in [3.05, 3.63) is 45.6 Å². The first-order valence-electron chi connectivity index (χ1n) is 5.33. The molecule has 0 atom stereocenters. The smallest absolute Gasteiger partial charge is 0.242 e. The number of pyridine rings is 1. The molecule has 0 radical (unpaired) electrons. The Labute approximate surface area is 115 Å². The predicted molar refractivity (Wildman–Crippen MR) is 74.7 cm³/mol. The summed E-state index contributed by atoms with van der Waals surface area (Å²) in [5.74, 6) is 0.983. The standard InChI is InChI=1S/C13H12Cl2N2O/c1-7-3-10(4-8(2)12(7)15)18-13-11(16)5-9(14)6-17-13/h3-6H,16H2,1-2H3. The summed E-state index contributed by atoms with van der Waals surface area (Å²) in [5.41, 5.74) is 8.06. The van der Waals surface area contributed by atoms with Crippen molar-refractivity contribution in [3.8, 4) is 11.6 Å². The highest BCUT2D eigenvalue weighted by Gasteiger charge is 2.08. The monoisotopic (exact) mass is 282 g/mol. The lowest BCUT2D eigenvalue weighted by Crippen LogP contribution is -1.95. The highest BCUT2D eigenvalue weighted by molar-refractivity contribution is 6.32. The van der Waals surface area contributed by atoms with Gasteiger partial charge in [0, 0.05) is 11.2 Å². The lowest BCUT2D eigenvalue weighted by Gasteiger charge is -2.10. The number of benzene rings is 1. The Balaban J connectivity index is 2.34. The van der Waals surface area contributed by atoms with Gasteiger partial charge in [-0.15, -0.1) is 0 Å². The maximum Gasteiger partial charge on any atom is 0.242 e. The van der Waals surface area contributed by atoms with Crippen LogP contribution in [0.3, 0.4) is 0 Å². The third-order valence-corrected chi connectivity index (χ3v) is 3.27. The second kappa shape index (κ2) is 5.04. The molecule has 0 aliphatic rings. The number of rotatable bonds is 2. The summed E-state index contributed by atoms with van der Waals surface area (Å²) in [7, 11) is 0. The van der Waals surface area contributed by atoms with Crippen molar-refractivity contribution in [1.82, 2.24) is 4.98 Å². The number of anilines is 1. The van der Waals surface area contributed by atoms with Crippen LogP contribution in [0.15, 0.2) is 24.4 Å². The van der Waals surface area contributed by atoms with Crippen LogP contribution >= 0.6 is 23.2 Å². The van der Waals surface area contributed by atoms with E-state index in [0.29, 0.717) is 22.3 Å². The molecule has 0 fully saturated rings. The highest BCUT2D eigenvalue weighted by Crippen LogP contribution is 2.31. The molecule has 18 heavy (non-hydrogen) atoms. The molecule has 2 rings (SSSR count). The van der Waals surface area contributed by atoms with Crippen LogP contribution in [0.4, 0.5) is 5.69 Å². The number of halogens is 2. The second-order valence-corrected chi connectivity index (χ2v) is 4.84. The summed E-state index contributed by atoms with van der Waals surface area (Å²) in [6.07, 6.45) is 1.49. The average Bonchev–Trinajstić information content (AvgIpc) is 2.29. The van der Waals surface area contributed by atoms with Gasteiger partial charge in [-0.1, -0.05) is 23.2 Å². The molecule has 94 valence electrons. The summed E-state index contributed by atoms with van der Waals surface area (Å²) in [6.45, 7) is 3.84. The van der Waals surface area contributed by atoms with E-state index >= 15 is 0 Å². The van der Waals surface area contributed by atoms with Gasteiger partial charge in [0.25, 0.3) is 0 Å². The Hall–Kier alpha value is -1.45. The van der Waals surface area contributed by atoms with Gasteiger partial charge in [-0.05, 0) is 43.2 Å². The van der Waals surface area contributed by atoms with Gasteiger partial charge in [0.15, 0.2) is 0 Å². The van der Waals surface area contributed by atoms with Crippen molar-refractivity contribution in [3.63, 3.8) is 0 Å². The van der Waals surface area contributed by atoms with E-state index in [0.717, 1.165) is 16.1 Å². The van der Waals surface area contributed by atoms with Gasteiger partial charge in [0.2, 0.25) is 5.88 Å². The van der Waals surface area contributed by atoms with E-state index in [9.17, 15) is 0 Å². The van der Waals surface area contributed by atoms with Gasteiger partial charge < -0.3 is 10.5 Å². The van der Waals surface area contributed by atoms with E-state index in [1.807, 2.05) is 26.0 Å². The molecule has 0 aliphatic heterocycles. The number of nitrogen functional groups attached to an aromatic ring is 1. The Morgan fingerprint density at radius 3 is 2.28 bits per heavy atom. The number of aryl methyl sites for hydroxylation is 2. The van der Waals surface area contributed by atoms with Gasteiger partial charge in [0.05, 0.1) is 10.7 Å². The summed E-state index contributed by atoms with van der Waals surface area (Å²) in [5, 5.41) is 1.21. The van der Waals surface area contributed by atoms with Crippen molar-refractivity contribution >= 4 is 28.9 Å². The summed E-state index contributed by atoms with van der Waals surface area (Å²) < 4.78 is 5.63. The lowest BCUT2D eigenvalue weighted by atomic mass is 10.1. The minimum Gasteiger partial charge on any atom is -0.437 e. The van der Waals surface area contributed by atoms with Crippen molar-refractivity contribution in [2.45, 2.75) is 13.8 Å². The molecule has 0 saturated heterocycles. The van der Waals surface area contributed by atoms with Gasteiger partial charge in [-0.2, -0.15) is 0 Å². The summed E-state index contributed by atoms with van der Waals surface area (Å²) in [6, 6.07) is 5.27. The van der Waals surface area contributed by atoms with Crippen LogP contribution in [-0.4, -0.2) is 4.98 Å². The quantitative estimate of drug-likeness (QED) is 0.889. The van der Waals surface area contributed by atoms with E-state index in [2.05, 4.69) is 4.98 Å². The van der Waals surface area contributed by atoms with E-state index in [4.69, 9.17) is 33.7 Å². The molecular weight excluding hydrogens is 271 g/mol. The molecular formula is C13H12Cl2N2O. The van der Waals surface area contributed by atoms with Gasteiger partial charge in [0.1, 0.15) is 5.75 Å². The number of aromatic nitrogens is 1. The Morgan fingerprint density at radius 1 is 1.11 bits per heavy atom. The molecule has 5 heteroatoms. The fraction of sp³-hybridized carbons (Fsp3) is 0.154. The maximum atomic E-state index is 6.09. The van der Waals surface area contributed by atoms with E-state index in [1.165, 1.54) is 6.20 Å². The van der Waals surface area contributed by atoms with Crippen molar-refractivity contribution < 1.29 is 4.74 Å². The normalized spacial score (nSPS) is 10.4. The maximum absolute atomic E-state index is 6.09. The molecule has 1 aromatic heterocycles. The first-order chi connectivity index (χ1) is 8.47. The SMILES string of the molecule is Cc1cc(Oc2ncc(Cl)cc2N)cc(C)c1Cl. The third kappa shape index (κ3) is 2.68. The van der Waals surface area contributed by atoms with Gasteiger partial charge >= 0.3 is 0 Å². The van der Waals surface area contributed by atoms with Crippen LogP contribution in [0.5, 0.6) is 11.6 Å². The average molecular weight is 283 g/mol. The third-order valence-electron chi connectivity index (χ3n) is 2.47. The van der Waals surface area contributed by atoms with Crippen LogP contribution in [0.2, 0.25) is 10.0 Å². The van der Waals surface area contributed by atoms with E-state index < -0.39 is 0 Å². The number of nitrogens with two attached hydrogens (primary N) is 1. The Bertz CT molecular complexity index is 577. The minimum absolute atomic E-state index is 0.334.